The molecular formula is C19H18FN3O2. The molecule has 1 aliphatic heterocycles. The van der Waals surface area contributed by atoms with Crippen LogP contribution < -0.4 is 4.74 Å². The third kappa shape index (κ3) is 2.73. The minimum Gasteiger partial charge on any atom is -0.494 e. The predicted molar refractivity (Wildman–Crippen MR) is 92.2 cm³/mol. The van der Waals surface area contributed by atoms with Crippen molar-refractivity contribution in [2.75, 3.05) is 20.2 Å². The third-order valence-corrected chi connectivity index (χ3v) is 4.72. The lowest BCUT2D eigenvalue weighted by atomic mass is 10.2. The summed E-state index contributed by atoms with van der Waals surface area (Å²) in [5.74, 6) is -0.543. The van der Waals surface area contributed by atoms with E-state index in [0.29, 0.717) is 18.7 Å². The molecule has 4 rings (SSSR count). The van der Waals surface area contributed by atoms with Crippen molar-refractivity contribution in [3.05, 3.63) is 60.2 Å². The summed E-state index contributed by atoms with van der Waals surface area (Å²) in [6.45, 7) is 1.23. The van der Waals surface area contributed by atoms with Gasteiger partial charge in [-0.1, -0.05) is 12.1 Å². The molecule has 0 saturated carbocycles. The van der Waals surface area contributed by atoms with Crippen LogP contribution in [0.2, 0.25) is 0 Å². The van der Waals surface area contributed by atoms with Gasteiger partial charge >= 0.3 is 0 Å². The minimum atomic E-state index is -0.523. The number of likely N-dealkylation sites (tertiary alicyclic amines) is 1. The first-order valence-electron chi connectivity index (χ1n) is 8.22. The Hall–Kier alpha value is -2.89. The Labute approximate surface area is 144 Å². The van der Waals surface area contributed by atoms with E-state index in [9.17, 15) is 9.18 Å². The first-order valence-corrected chi connectivity index (χ1v) is 8.22. The minimum absolute atomic E-state index is 0.140. The molecule has 0 aliphatic carbocycles. The number of halogens is 1. The Bertz CT molecular complexity index is 937. The predicted octanol–water partition coefficient (Wildman–Crippen LogP) is 3.27. The van der Waals surface area contributed by atoms with Gasteiger partial charge in [-0.25, -0.2) is 9.37 Å². The molecule has 0 N–H and O–H groups in total. The summed E-state index contributed by atoms with van der Waals surface area (Å²) in [7, 11) is 1.40. The van der Waals surface area contributed by atoms with Crippen LogP contribution in [0.25, 0.3) is 11.0 Å². The molecule has 0 bridgehead atoms. The number of nitrogens with zero attached hydrogens (tertiary/aromatic N) is 3. The molecule has 1 saturated heterocycles. The van der Waals surface area contributed by atoms with Gasteiger partial charge in [0.25, 0.3) is 5.91 Å². The summed E-state index contributed by atoms with van der Waals surface area (Å²) in [6.07, 6.45) is 2.68. The molecule has 1 atom stereocenters. The Morgan fingerprint density at radius 1 is 1.28 bits per heavy atom. The summed E-state index contributed by atoms with van der Waals surface area (Å²) < 4.78 is 20.9. The number of methoxy groups -OCH3 is 1. The fourth-order valence-electron chi connectivity index (χ4n) is 3.40. The molecule has 1 unspecified atom stereocenters. The Morgan fingerprint density at radius 3 is 2.92 bits per heavy atom. The normalized spacial score (nSPS) is 17.2. The molecule has 1 amide bonds. The van der Waals surface area contributed by atoms with Crippen molar-refractivity contribution >= 4 is 16.9 Å². The number of para-hydroxylation sites is 2. The highest BCUT2D eigenvalue weighted by Crippen LogP contribution is 2.27. The van der Waals surface area contributed by atoms with Crippen molar-refractivity contribution in [1.29, 1.82) is 0 Å². The lowest BCUT2D eigenvalue weighted by Crippen LogP contribution is -2.29. The Balaban J connectivity index is 1.54. The standard InChI is InChI=1S/C19H18FN3O2/c1-25-18-7-6-13(10-15(18)20)19(24)22-9-8-14(11-22)23-12-21-16-4-2-3-5-17(16)23/h2-7,10,12,14H,8-9,11H2,1H3. The number of ether oxygens (including phenoxy) is 1. The van der Waals surface area contributed by atoms with Crippen LogP contribution in [-0.4, -0.2) is 40.6 Å². The molecule has 1 aromatic heterocycles. The van der Waals surface area contributed by atoms with Crippen LogP contribution in [0.15, 0.2) is 48.8 Å². The molecule has 128 valence electrons. The SMILES string of the molecule is COc1ccc(C(=O)N2CCC(n3cnc4ccccc43)C2)cc1F. The number of amides is 1. The number of carbonyl (C=O) groups excluding carboxylic acids is 1. The van der Waals surface area contributed by atoms with E-state index in [2.05, 4.69) is 9.55 Å². The van der Waals surface area contributed by atoms with Crippen LogP contribution in [0.4, 0.5) is 4.39 Å². The average Bonchev–Trinajstić information content (AvgIpc) is 3.27. The molecule has 5 nitrogen and oxygen atoms in total. The average molecular weight is 339 g/mol. The summed E-state index contributed by atoms with van der Waals surface area (Å²) in [5.41, 5.74) is 2.36. The molecule has 0 radical (unpaired) electrons. The number of hydrogen-bond acceptors (Lipinski definition) is 3. The van der Waals surface area contributed by atoms with Gasteiger partial charge in [0.15, 0.2) is 11.6 Å². The van der Waals surface area contributed by atoms with Crippen molar-refractivity contribution in [1.82, 2.24) is 14.5 Å². The van der Waals surface area contributed by atoms with Crippen LogP contribution in [0, 0.1) is 5.82 Å². The zero-order valence-corrected chi connectivity index (χ0v) is 13.9. The first kappa shape index (κ1) is 15.6. The topological polar surface area (TPSA) is 47.4 Å². The molecule has 3 aromatic rings. The maximum atomic E-state index is 13.9. The monoisotopic (exact) mass is 339 g/mol. The van der Waals surface area contributed by atoms with E-state index < -0.39 is 5.82 Å². The van der Waals surface area contributed by atoms with Gasteiger partial charge in [0.2, 0.25) is 0 Å². The van der Waals surface area contributed by atoms with Crippen LogP contribution in [0.5, 0.6) is 5.75 Å². The summed E-state index contributed by atoms with van der Waals surface area (Å²) in [6, 6.07) is 12.5. The highest BCUT2D eigenvalue weighted by atomic mass is 19.1. The fourth-order valence-corrected chi connectivity index (χ4v) is 3.40. The van der Waals surface area contributed by atoms with Gasteiger partial charge in [-0.15, -0.1) is 0 Å². The number of imidazole rings is 1. The van der Waals surface area contributed by atoms with E-state index in [1.54, 1.807) is 11.0 Å². The van der Waals surface area contributed by atoms with Crippen LogP contribution in [0.3, 0.4) is 0 Å². The van der Waals surface area contributed by atoms with Crippen LogP contribution >= 0.6 is 0 Å². The van der Waals surface area contributed by atoms with Gasteiger partial charge in [-0.2, -0.15) is 0 Å². The van der Waals surface area contributed by atoms with E-state index in [1.807, 2.05) is 30.6 Å². The van der Waals surface area contributed by atoms with Crippen LogP contribution in [-0.2, 0) is 0 Å². The molecule has 2 heterocycles. The van der Waals surface area contributed by atoms with Gasteiger partial charge in [0, 0.05) is 18.7 Å². The van der Waals surface area contributed by atoms with Gasteiger partial charge in [-0.05, 0) is 36.8 Å². The zero-order valence-electron chi connectivity index (χ0n) is 13.9. The number of hydrogen-bond donors (Lipinski definition) is 0. The van der Waals surface area contributed by atoms with Gasteiger partial charge in [-0.3, -0.25) is 4.79 Å². The van der Waals surface area contributed by atoms with E-state index in [-0.39, 0.29) is 17.7 Å². The van der Waals surface area contributed by atoms with Gasteiger partial charge < -0.3 is 14.2 Å². The number of fused-ring (bicyclic) bond motifs is 1. The second-order valence-electron chi connectivity index (χ2n) is 6.18. The smallest absolute Gasteiger partial charge is 0.254 e. The van der Waals surface area contributed by atoms with Gasteiger partial charge in [0.05, 0.1) is 30.5 Å². The van der Waals surface area contributed by atoms with Crippen LogP contribution in [0.1, 0.15) is 22.8 Å². The summed E-state index contributed by atoms with van der Waals surface area (Å²) in [5, 5.41) is 0. The van der Waals surface area contributed by atoms with Crippen molar-refractivity contribution in [2.45, 2.75) is 12.5 Å². The Kier molecular flexibility index (Phi) is 3.87. The van der Waals surface area contributed by atoms with Crippen molar-refractivity contribution in [3.63, 3.8) is 0 Å². The number of aromatic nitrogens is 2. The maximum Gasteiger partial charge on any atom is 0.254 e. The summed E-state index contributed by atoms with van der Waals surface area (Å²) in [4.78, 5) is 18.9. The highest BCUT2D eigenvalue weighted by molar-refractivity contribution is 5.94. The molecule has 25 heavy (non-hydrogen) atoms. The van der Waals surface area contributed by atoms with E-state index in [1.165, 1.54) is 19.2 Å². The zero-order chi connectivity index (χ0) is 17.4. The lowest BCUT2D eigenvalue weighted by Gasteiger charge is -2.18. The Morgan fingerprint density at radius 2 is 2.12 bits per heavy atom. The molecule has 6 heteroatoms. The first-order chi connectivity index (χ1) is 12.2. The molecule has 2 aromatic carbocycles. The molecule has 1 fully saturated rings. The van der Waals surface area contributed by atoms with Gasteiger partial charge in [0.1, 0.15) is 0 Å². The maximum absolute atomic E-state index is 13.9. The van der Waals surface area contributed by atoms with E-state index in [4.69, 9.17) is 4.74 Å². The quantitative estimate of drug-likeness (QED) is 0.736. The fraction of sp³-hybridized carbons (Fsp3) is 0.263. The highest BCUT2D eigenvalue weighted by Gasteiger charge is 2.29. The number of carbonyl (C=O) groups is 1. The second kappa shape index (κ2) is 6.20. The van der Waals surface area contributed by atoms with Crippen molar-refractivity contribution < 1.29 is 13.9 Å². The number of rotatable bonds is 3. The largest absolute Gasteiger partial charge is 0.494 e. The third-order valence-electron chi connectivity index (χ3n) is 4.72. The number of benzene rings is 2. The van der Waals surface area contributed by atoms with E-state index >= 15 is 0 Å². The molecule has 0 spiro atoms. The van der Waals surface area contributed by atoms with Crippen molar-refractivity contribution in [2.24, 2.45) is 0 Å². The molecular weight excluding hydrogens is 321 g/mol. The summed E-state index contributed by atoms with van der Waals surface area (Å²) >= 11 is 0. The lowest BCUT2D eigenvalue weighted by molar-refractivity contribution is 0.0787. The molecule has 1 aliphatic rings. The van der Waals surface area contributed by atoms with E-state index in [0.717, 1.165) is 17.5 Å². The second-order valence-corrected chi connectivity index (χ2v) is 6.18. The van der Waals surface area contributed by atoms with Crippen molar-refractivity contribution in [3.8, 4) is 5.75 Å².